The van der Waals surface area contributed by atoms with E-state index in [2.05, 4.69) is 0 Å². The molecule has 0 bridgehead atoms. The van der Waals surface area contributed by atoms with Gasteiger partial charge in [0.2, 0.25) is 0 Å². The van der Waals surface area contributed by atoms with Gasteiger partial charge in [-0.05, 0) is 20.8 Å². The smallest absolute Gasteiger partial charge is 0.0241 e. The lowest BCUT2D eigenvalue weighted by molar-refractivity contribution is 0.252. The van der Waals surface area contributed by atoms with Crippen LogP contribution in [0.15, 0.2) is 0 Å². The van der Waals surface area contributed by atoms with E-state index in [9.17, 15) is 8.76 Å². The van der Waals surface area contributed by atoms with Gasteiger partial charge in [0.25, 0.3) is 0 Å². The zero-order valence-electron chi connectivity index (χ0n) is 6.88. The van der Waals surface area contributed by atoms with Crippen LogP contribution < -0.4 is 0 Å². The Morgan fingerprint density at radius 3 is 1.90 bits per heavy atom. The predicted octanol–water partition coefficient (Wildman–Crippen LogP) is 0.901. The molecule has 0 amide bonds. The minimum atomic E-state index is -2.09. The number of nitrogens with zero attached hydrogens (tertiary/aromatic N) is 1. The van der Waals surface area contributed by atoms with Crippen LogP contribution in [0.1, 0.15) is 27.7 Å². The Morgan fingerprint density at radius 1 is 1.50 bits per heavy atom. The second kappa shape index (κ2) is 3.46. The molecule has 62 valence electrons. The van der Waals surface area contributed by atoms with E-state index in [4.69, 9.17) is 0 Å². The molecule has 0 aromatic carbocycles. The molecule has 1 unspecified atom stereocenters. The molecule has 0 rings (SSSR count). The molecule has 10 heavy (non-hydrogen) atoms. The minimum Gasteiger partial charge on any atom is -0.760 e. The van der Waals surface area contributed by atoms with Gasteiger partial charge < -0.3 is 4.55 Å². The molecule has 0 spiro atoms. The SMILES string of the molecule is CCN(S(=O)[O-])C(C)(C)C. The van der Waals surface area contributed by atoms with Crippen molar-refractivity contribution >= 4 is 11.3 Å². The quantitative estimate of drug-likeness (QED) is 0.569. The summed E-state index contributed by atoms with van der Waals surface area (Å²) in [5.74, 6) is 0. The lowest BCUT2D eigenvalue weighted by Gasteiger charge is -2.35. The summed E-state index contributed by atoms with van der Waals surface area (Å²) in [6, 6.07) is 0. The molecule has 4 heteroatoms. The van der Waals surface area contributed by atoms with Crippen LogP contribution in [0.2, 0.25) is 0 Å². The second-order valence-corrected chi connectivity index (χ2v) is 3.96. The summed E-state index contributed by atoms with van der Waals surface area (Å²) in [5, 5.41) is 0. The highest BCUT2D eigenvalue weighted by molar-refractivity contribution is 7.76. The van der Waals surface area contributed by atoms with E-state index in [-0.39, 0.29) is 5.54 Å². The topological polar surface area (TPSA) is 43.4 Å². The van der Waals surface area contributed by atoms with Gasteiger partial charge in [0.05, 0.1) is 0 Å². The molecule has 0 aliphatic rings. The van der Waals surface area contributed by atoms with Crippen molar-refractivity contribution < 1.29 is 8.76 Å². The molecule has 0 aromatic rings. The van der Waals surface area contributed by atoms with Gasteiger partial charge in [0.15, 0.2) is 0 Å². The average Bonchev–Trinajstić information content (AvgIpc) is 1.60. The van der Waals surface area contributed by atoms with E-state index in [0.29, 0.717) is 6.54 Å². The van der Waals surface area contributed by atoms with Crippen molar-refractivity contribution in [3.05, 3.63) is 0 Å². The molecule has 0 N–H and O–H groups in total. The molecule has 0 aromatic heterocycles. The Kier molecular flexibility index (Phi) is 3.48. The first kappa shape index (κ1) is 10.1. The predicted molar refractivity (Wildman–Crippen MR) is 41.1 cm³/mol. The zero-order chi connectivity index (χ0) is 8.36. The Bertz CT molecular complexity index is 130. The molecule has 0 saturated heterocycles. The standard InChI is InChI=1S/C6H15NO2S/c1-5-7(10(8)9)6(2,3)4/h5H2,1-4H3,(H,8,9)/p-1. The zero-order valence-corrected chi connectivity index (χ0v) is 7.70. The molecule has 1 atom stereocenters. The number of rotatable bonds is 2. The fourth-order valence-electron chi connectivity index (χ4n) is 0.803. The largest absolute Gasteiger partial charge is 0.760 e. The van der Waals surface area contributed by atoms with Gasteiger partial charge in [0.1, 0.15) is 0 Å². The monoisotopic (exact) mass is 164 g/mol. The summed E-state index contributed by atoms with van der Waals surface area (Å²) in [6.45, 7) is 7.95. The maximum Gasteiger partial charge on any atom is 0.0241 e. The summed E-state index contributed by atoms with van der Waals surface area (Å²) in [5.41, 5.74) is -0.290. The van der Waals surface area contributed by atoms with Crippen molar-refractivity contribution in [2.75, 3.05) is 6.54 Å². The van der Waals surface area contributed by atoms with Gasteiger partial charge >= 0.3 is 0 Å². The van der Waals surface area contributed by atoms with Crippen molar-refractivity contribution in [1.29, 1.82) is 0 Å². The summed E-state index contributed by atoms with van der Waals surface area (Å²) in [4.78, 5) is 0. The first-order valence-electron chi connectivity index (χ1n) is 3.26. The highest BCUT2D eigenvalue weighted by Gasteiger charge is 2.19. The normalized spacial score (nSPS) is 15.8. The molecule has 0 fully saturated rings. The van der Waals surface area contributed by atoms with Crippen LogP contribution in [0.25, 0.3) is 0 Å². The maximum atomic E-state index is 10.5. The Hall–Kier alpha value is 0.0700. The average molecular weight is 164 g/mol. The van der Waals surface area contributed by atoms with Crippen LogP contribution in [-0.2, 0) is 11.3 Å². The van der Waals surface area contributed by atoms with Crippen LogP contribution >= 0.6 is 0 Å². The molecule has 0 heterocycles. The molecular formula is C6H14NO2S-. The van der Waals surface area contributed by atoms with E-state index < -0.39 is 11.3 Å². The summed E-state index contributed by atoms with van der Waals surface area (Å²) >= 11 is -2.09. The molecule has 0 saturated carbocycles. The summed E-state index contributed by atoms with van der Waals surface area (Å²) < 4.78 is 22.4. The van der Waals surface area contributed by atoms with E-state index in [1.165, 1.54) is 4.31 Å². The van der Waals surface area contributed by atoms with E-state index in [1.54, 1.807) is 0 Å². The van der Waals surface area contributed by atoms with Gasteiger partial charge in [-0.15, -0.1) is 0 Å². The van der Waals surface area contributed by atoms with Crippen molar-refractivity contribution in [3.8, 4) is 0 Å². The van der Waals surface area contributed by atoms with E-state index in [0.717, 1.165) is 0 Å². The van der Waals surface area contributed by atoms with Crippen LogP contribution in [0.5, 0.6) is 0 Å². The number of hydrogen-bond acceptors (Lipinski definition) is 2. The molecular weight excluding hydrogens is 150 g/mol. The van der Waals surface area contributed by atoms with Gasteiger partial charge in [-0.25, -0.2) is 4.31 Å². The fourth-order valence-corrected chi connectivity index (χ4v) is 1.46. The van der Waals surface area contributed by atoms with Crippen molar-refractivity contribution in [3.63, 3.8) is 0 Å². The Balaban J connectivity index is 4.22. The fraction of sp³-hybridized carbons (Fsp3) is 1.00. The van der Waals surface area contributed by atoms with Crippen LogP contribution in [0.3, 0.4) is 0 Å². The van der Waals surface area contributed by atoms with Gasteiger partial charge in [0, 0.05) is 23.4 Å². The second-order valence-electron chi connectivity index (χ2n) is 3.08. The minimum absolute atomic E-state index is 0.290. The first-order chi connectivity index (χ1) is 4.39. The van der Waals surface area contributed by atoms with Gasteiger partial charge in [-0.1, -0.05) is 6.92 Å². The van der Waals surface area contributed by atoms with Crippen molar-refractivity contribution in [2.24, 2.45) is 0 Å². The van der Waals surface area contributed by atoms with Crippen molar-refractivity contribution in [2.45, 2.75) is 33.2 Å². The van der Waals surface area contributed by atoms with Crippen LogP contribution in [0, 0.1) is 0 Å². The van der Waals surface area contributed by atoms with Crippen LogP contribution in [0.4, 0.5) is 0 Å². The highest BCUT2D eigenvalue weighted by atomic mass is 32.2. The number of hydrogen-bond donors (Lipinski definition) is 0. The molecule has 0 radical (unpaired) electrons. The third-order valence-electron chi connectivity index (χ3n) is 1.22. The third kappa shape index (κ3) is 2.77. The molecule has 0 aliphatic heterocycles. The molecule has 3 nitrogen and oxygen atoms in total. The maximum absolute atomic E-state index is 10.5. The molecule has 0 aliphatic carbocycles. The van der Waals surface area contributed by atoms with Crippen molar-refractivity contribution in [1.82, 2.24) is 4.31 Å². The third-order valence-corrected chi connectivity index (χ3v) is 2.38. The summed E-state index contributed by atoms with van der Waals surface area (Å²) in [7, 11) is 0. The van der Waals surface area contributed by atoms with E-state index in [1.807, 2.05) is 27.7 Å². The van der Waals surface area contributed by atoms with Gasteiger partial charge in [-0.2, -0.15) is 0 Å². The first-order valence-corrected chi connectivity index (χ1v) is 4.29. The lowest BCUT2D eigenvalue weighted by Crippen LogP contribution is -2.42. The van der Waals surface area contributed by atoms with E-state index >= 15 is 0 Å². The van der Waals surface area contributed by atoms with Gasteiger partial charge in [-0.3, -0.25) is 4.21 Å². The summed E-state index contributed by atoms with van der Waals surface area (Å²) in [6.07, 6.45) is 0. The van der Waals surface area contributed by atoms with Crippen LogP contribution in [-0.4, -0.2) is 25.2 Å². The Labute approximate surface area is 64.8 Å². The highest BCUT2D eigenvalue weighted by Crippen LogP contribution is 2.13. The lowest BCUT2D eigenvalue weighted by atomic mass is 10.1. The Morgan fingerprint density at radius 2 is 1.90 bits per heavy atom.